The van der Waals surface area contributed by atoms with Gasteiger partial charge in [0.2, 0.25) is 0 Å². The van der Waals surface area contributed by atoms with Gasteiger partial charge >= 0.3 is 0 Å². The molecule has 3 nitrogen and oxygen atoms in total. The van der Waals surface area contributed by atoms with Gasteiger partial charge in [0.05, 0.1) is 18.3 Å². The predicted octanol–water partition coefficient (Wildman–Crippen LogP) is 5.09. The quantitative estimate of drug-likeness (QED) is 0.551. The Balaban J connectivity index is 1.48. The van der Waals surface area contributed by atoms with E-state index in [-0.39, 0.29) is 6.10 Å². The number of aliphatic hydroxyl groups excluding tert-OH is 3. The van der Waals surface area contributed by atoms with Crippen molar-refractivity contribution in [3.05, 3.63) is 47.6 Å². The van der Waals surface area contributed by atoms with Crippen LogP contribution in [0.2, 0.25) is 0 Å². The normalized spacial score (nSPS) is 42.1. The predicted molar refractivity (Wildman–Crippen MR) is 122 cm³/mol. The van der Waals surface area contributed by atoms with Gasteiger partial charge in [-0.1, -0.05) is 50.3 Å². The van der Waals surface area contributed by atoms with Gasteiger partial charge in [-0.15, -0.1) is 0 Å². The Labute approximate surface area is 182 Å². The molecule has 0 aromatic heterocycles. The maximum atomic E-state index is 10.2. The molecule has 0 aromatic carbocycles. The Hall–Kier alpha value is -1.16. The third-order valence-electron chi connectivity index (χ3n) is 8.65. The highest BCUT2D eigenvalue weighted by Crippen LogP contribution is 2.59. The van der Waals surface area contributed by atoms with E-state index in [0.717, 1.165) is 17.6 Å². The van der Waals surface area contributed by atoms with Gasteiger partial charge < -0.3 is 15.3 Å². The SMILES string of the molecule is C=C1C(=CC=C2CCCC3(C)C2CCC3[C@H](C)C=C[C@H](O)C2CC2)C[C@@H](O)C[C@@H]1O. The van der Waals surface area contributed by atoms with Crippen LogP contribution in [0.3, 0.4) is 0 Å². The van der Waals surface area contributed by atoms with E-state index in [1.54, 1.807) is 0 Å². The average Bonchev–Trinajstić information content (AvgIpc) is 3.49. The number of fused-ring (bicyclic) bond motifs is 1. The number of rotatable bonds is 5. The maximum Gasteiger partial charge on any atom is 0.0811 e. The molecule has 4 rings (SSSR count). The van der Waals surface area contributed by atoms with Crippen LogP contribution in [0.5, 0.6) is 0 Å². The van der Waals surface area contributed by atoms with Crippen LogP contribution in [0.1, 0.15) is 71.6 Å². The summed E-state index contributed by atoms with van der Waals surface area (Å²) in [6.07, 6.45) is 16.9. The van der Waals surface area contributed by atoms with Gasteiger partial charge in [0.1, 0.15) is 0 Å². The molecule has 4 fully saturated rings. The highest BCUT2D eigenvalue weighted by molar-refractivity contribution is 5.38. The van der Waals surface area contributed by atoms with E-state index < -0.39 is 12.2 Å². The van der Waals surface area contributed by atoms with Crippen molar-refractivity contribution >= 4 is 0 Å². The van der Waals surface area contributed by atoms with Crippen molar-refractivity contribution in [2.75, 3.05) is 0 Å². The van der Waals surface area contributed by atoms with Crippen LogP contribution < -0.4 is 0 Å². The first-order valence-electron chi connectivity index (χ1n) is 12.1. The van der Waals surface area contributed by atoms with Crippen LogP contribution in [0.4, 0.5) is 0 Å². The van der Waals surface area contributed by atoms with Crippen molar-refractivity contribution in [1.82, 2.24) is 0 Å². The summed E-state index contributed by atoms with van der Waals surface area (Å²) < 4.78 is 0. The van der Waals surface area contributed by atoms with E-state index in [4.69, 9.17) is 0 Å². The lowest BCUT2D eigenvalue weighted by Crippen LogP contribution is -2.35. The van der Waals surface area contributed by atoms with Crippen molar-refractivity contribution in [2.24, 2.45) is 29.1 Å². The standard InChI is InChI=1S/C27H40O3/c1-17(6-13-25(29)20-8-9-20)23-11-12-24-19(5-4-14-27(23,24)3)7-10-21-15-22(28)16-26(30)18(21)2/h6-7,10,13,17,20,22-26,28-30H,2,4-5,8-9,11-12,14-16H2,1,3H3/t17-,22-,23?,24?,25+,26+,27?/m1/s1. The number of aliphatic hydroxyl groups is 3. The lowest BCUT2D eigenvalue weighted by Gasteiger charge is -2.44. The smallest absolute Gasteiger partial charge is 0.0811 e. The molecule has 166 valence electrons. The molecular formula is C27H40O3. The van der Waals surface area contributed by atoms with E-state index in [1.165, 1.54) is 44.1 Å². The Kier molecular flexibility index (Phi) is 6.44. The van der Waals surface area contributed by atoms with Crippen molar-refractivity contribution < 1.29 is 15.3 Å². The zero-order valence-electron chi connectivity index (χ0n) is 18.8. The summed E-state index contributed by atoms with van der Waals surface area (Å²) in [6.45, 7) is 8.88. The first-order chi connectivity index (χ1) is 14.3. The Morgan fingerprint density at radius 1 is 1.10 bits per heavy atom. The summed E-state index contributed by atoms with van der Waals surface area (Å²) in [6, 6.07) is 0. The molecule has 3 N–H and O–H groups in total. The zero-order chi connectivity index (χ0) is 21.5. The molecule has 0 aromatic rings. The highest BCUT2D eigenvalue weighted by atomic mass is 16.3. The van der Waals surface area contributed by atoms with E-state index in [2.05, 4.69) is 44.7 Å². The molecule has 0 bridgehead atoms. The summed E-state index contributed by atoms with van der Waals surface area (Å²) in [5.41, 5.74) is 3.63. The molecule has 0 heterocycles. The van der Waals surface area contributed by atoms with E-state index in [1.807, 2.05) is 0 Å². The van der Waals surface area contributed by atoms with E-state index in [9.17, 15) is 15.3 Å². The van der Waals surface area contributed by atoms with Gasteiger partial charge in [-0.25, -0.2) is 0 Å². The second-order valence-electron chi connectivity index (χ2n) is 10.7. The second kappa shape index (κ2) is 8.76. The Morgan fingerprint density at radius 3 is 2.60 bits per heavy atom. The van der Waals surface area contributed by atoms with E-state index in [0.29, 0.717) is 41.9 Å². The maximum absolute atomic E-state index is 10.2. The topological polar surface area (TPSA) is 60.7 Å². The Morgan fingerprint density at radius 2 is 1.87 bits per heavy atom. The molecule has 4 aliphatic carbocycles. The lowest BCUT2D eigenvalue weighted by molar-refractivity contribution is 0.0862. The minimum absolute atomic E-state index is 0.250. The fourth-order valence-corrected chi connectivity index (χ4v) is 6.63. The molecule has 0 aliphatic heterocycles. The number of hydrogen-bond donors (Lipinski definition) is 3. The molecule has 0 saturated heterocycles. The molecule has 30 heavy (non-hydrogen) atoms. The summed E-state index contributed by atoms with van der Waals surface area (Å²) in [4.78, 5) is 0. The number of hydrogen-bond acceptors (Lipinski definition) is 3. The fourth-order valence-electron chi connectivity index (χ4n) is 6.63. The van der Waals surface area contributed by atoms with Crippen LogP contribution in [0.15, 0.2) is 47.6 Å². The van der Waals surface area contributed by atoms with Crippen LogP contribution in [0.25, 0.3) is 0 Å². The van der Waals surface area contributed by atoms with Crippen LogP contribution in [0, 0.1) is 29.1 Å². The largest absolute Gasteiger partial charge is 0.393 e. The fraction of sp³-hybridized carbons (Fsp3) is 0.704. The summed E-state index contributed by atoms with van der Waals surface area (Å²) in [5.74, 6) is 2.28. The first kappa shape index (κ1) is 22.0. The molecule has 4 saturated carbocycles. The molecule has 7 atom stereocenters. The van der Waals surface area contributed by atoms with E-state index >= 15 is 0 Å². The van der Waals surface area contributed by atoms with Gasteiger partial charge in [-0.05, 0) is 91.6 Å². The molecule has 4 aliphatic rings. The molecule has 0 amide bonds. The van der Waals surface area contributed by atoms with Crippen molar-refractivity contribution in [2.45, 2.75) is 89.9 Å². The summed E-state index contributed by atoms with van der Waals surface area (Å²) >= 11 is 0. The third kappa shape index (κ3) is 4.40. The van der Waals surface area contributed by atoms with Gasteiger partial charge in [0.15, 0.2) is 0 Å². The first-order valence-corrected chi connectivity index (χ1v) is 12.1. The number of allylic oxidation sites excluding steroid dienone is 4. The zero-order valence-corrected chi connectivity index (χ0v) is 18.8. The summed E-state index contributed by atoms with van der Waals surface area (Å²) in [5, 5.41) is 30.4. The van der Waals surface area contributed by atoms with Crippen molar-refractivity contribution in [3.63, 3.8) is 0 Å². The van der Waals surface area contributed by atoms with Crippen molar-refractivity contribution in [1.29, 1.82) is 0 Å². The lowest BCUT2D eigenvalue weighted by atomic mass is 9.61. The van der Waals surface area contributed by atoms with Gasteiger partial charge in [-0.2, -0.15) is 0 Å². The monoisotopic (exact) mass is 412 g/mol. The minimum atomic E-state index is -0.621. The molecule has 3 unspecified atom stereocenters. The van der Waals surface area contributed by atoms with Crippen LogP contribution >= 0.6 is 0 Å². The van der Waals surface area contributed by atoms with Crippen LogP contribution in [-0.4, -0.2) is 33.6 Å². The minimum Gasteiger partial charge on any atom is -0.393 e. The van der Waals surface area contributed by atoms with Gasteiger partial charge in [-0.3, -0.25) is 0 Å². The van der Waals surface area contributed by atoms with Crippen LogP contribution in [-0.2, 0) is 0 Å². The molecular weight excluding hydrogens is 372 g/mol. The third-order valence-corrected chi connectivity index (χ3v) is 8.65. The average molecular weight is 413 g/mol. The molecule has 0 radical (unpaired) electrons. The highest BCUT2D eigenvalue weighted by Gasteiger charge is 2.50. The second-order valence-corrected chi connectivity index (χ2v) is 10.7. The van der Waals surface area contributed by atoms with Gasteiger partial charge in [0, 0.05) is 6.42 Å². The van der Waals surface area contributed by atoms with Gasteiger partial charge in [0.25, 0.3) is 0 Å². The van der Waals surface area contributed by atoms with Crippen molar-refractivity contribution in [3.8, 4) is 0 Å². The Bertz CT molecular complexity index is 743. The summed E-state index contributed by atoms with van der Waals surface area (Å²) in [7, 11) is 0. The molecule has 0 spiro atoms. The molecule has 3 heteroatoms.